The first-order valence-electron chi connectivity index (χ1n) is 8.79. The molecule has 0 unspecified atom stereocenters. The summed E-state index contributed by atoms with van der Waals surface area (Å²) in [5.41, 5.74) is 4.12. The third kappa shape index (κ3) is 3.02. The third-order valence-electron chi connectivity index (χ3n) is 5.18. The summed E-state index contributed by atoms with van der Waals surface area (Å²) in [5.74, 6) is 0. The van der Waals surface area contributed by atoms with Gasteiger partial charge in [0.25, 0.3) is 0 Å². The van der Waals surface area contributed by atoms with E-state index in [0.29, 0.717) is 6.10 Å². The van der Waals surface area contributed by atoms with Crippen molar-refractivity contribution >= 4 is 17.2 Å². The molecule has 1 aromatic carbocycles. The van der Waals surface area contributed by atoms with Gasteiger partial charge in [-0.15, -0.1) is 0 Å². The predicted octanol–water partition coefficient (Wildman–Crippen LogP) is 3.92. The number of hydrogen-bond acceptors (Lipinski definition) is 3. The van der Waals surface area contributed by atoms with E-state index in [1.807, 2.05) is 0 Å². The van der Waals surface area contributed by atoms with E-state index in [2.05, 4.69) is 40.5 Å². The maximum atomic E-state index is 5.92. The fraction of sp³-hybridized carbons (Fsp3) is 0.526. The summed E-state index contributed by atoms with van der Waals surface area (Å²) >= 11 is 5.69. The molecule has 1 saturated heterocycles. The fourth-order valence-corrected chi connectivity index (χ4v) is 4.35. The molecule has 1 aliphatic carbocycles. The van der Waals surface area contributed by atoms with E-state index in [1.165, 1.54) is 42.5 Å². The highest BCUT2D eigenvalue weighted by Crippen LogP contribution is 2.37. The average molecular weight is 328 g/mol. The summed E-state index contributed by atoms with van der Waals surface area (Å²) < 4.78 is 5.92. The third-order valence-corrected chi connectivity index (χ3v) is 5.54. The number of nitrogens with one attached hydrogen (secondary N) is 1. The summed E-state index contributed by atoms with van der Waals surface area (Å²) in [6.07, 6.45) is 7.64. The standard InChI is InChI=1S/C19H24N2OS/c23-19-16-10-4-5-11-17(16)21(13-15-9-6-12-22-15)18(20-19)14-7-2-1-3-8-14/h1-3,7-8,15,18H,4-6,9-13H2,(H,20,23)/t15-,18+/m0/s1. The molecule has 0 saturated carbocycles. The van der Waals surface area contributed by atoms with Crippen LogP contribution < -0.4 is 5.32 Å². The van der Waals surface area contributed by atoms with Gasteiger partial charge in [0.1, 0.15) is 11.2 Å². The average Bonchev–Trinajstić information content (AvgIpc) is 3.11. The van der Waals surface area contributed by atoms with Gasteiger partial charge in [0.15, 0.2) is 0 Å². The molecule has 3 aliphatic rings. The van der Waals surface area contributed by atoms with Crippen molar-refractivity contribution in [3.05, 3.63) is 47.2 Å². The van der Waals surface area contributed by atoms with Crippen molar-refractivity contribution in [2.75, 3.05) is 13.2 Å². The lowest BCUT2D eigenvalue weighted by Gasteiger charge is -2.44. The molecule has 2 aliphatic heterocycles. The van der Waals surface area contributed by atoms with Crippen molar-refractivity contribution in [2.45, 2.75) is 50.8 Å². The van der Waals surface area contributed by atoms with Crippen LogP contribution in [-0.2, 0) is 4.74 Å². The Hall–Kier alpha value is -1.39. The van der Waals surface area contributed by atoms with Crippen molar-refractivity contribution in [2.24, 2.45) is 0 Å². The van der Waals surface area contributed by atoms with Crippen LogP contribution in [0, 0.1) is 0 Å². The monoisotopic (exact) mass is 328 g/mol. The fourth-order valence-electron chi connectivity index (χ4n) is 4.02. The van der Waals surface area contributed by atoms with Crippen LogP contribution in [0.2, 0.25) is 0 Å². The lowest BCUT2D eigenvalue weighted by Crippen LogP contribution is -2.49. The molecule has 0 amide bonds. The first kappa shape index (κ1) is 15.2. The van der Waals surface area contributed by atoms with Crippen LogP contribution >= 0.6 is 12.2 Å². The highest BCUT2D eigenvalue weighted by molar-refractivity contribution is 7.80. The van der Waals surface area contributed by atoms with Crippen molar-refractivity contribution in [1.29, 1.82) is 0 Å². The molecular weight excluding hydrogens is 304 g/mol. The second-order valence-corrected chi connectivity index (χ2v) is 7.11. The Morgan fingerprint density at radius 3 is 2.74 bits per heavy atom. The first-order chi connectivity index (χ1) is 11.3. The minimum Gasteiger partial charge on any atom is -0.376 e. The van der Waals surface area contributed by atoms with Crippen LogP contribution in [0.1, 0.15) is 50.3 Å². The number of hydrogen-bond donors (Lipinski definition) is 1. The Balaban J connectivity index is 1.69. The maximum absolute atomic E-state index is 5.92. The zero-order valence-electron chi connectivity index (χ0n) is 13.5. The van der Waals surface area contributed by atoms with Gasteiger partial charge in [0, 0.05) is 24.4 Å². The Morgan fingerprint density at radius 1 is 1.13 bits per heavy atom. The summed E-state index contributed by atoms with van der Waals surface area (Å²) in [4.78, 5) is 3.49. The molecule has 2 atom stereocenters. The summed E-state index contributed by atoms with van der Waals surface area (Å²) in [7, 11) is 0. The van der Waals surface area contributed by atoms with Crippen molar-refractivity contribution < 1.29 is 4.74 Å². The number of thiocarbonyl (C=S) groups is 1. The topological polar surface area (TPSA) is 24.5 Å². The van der Waals surface area contributed by atoms with E-state index in [9.17, 15) is 0 Å². The largest absolute Gasteiger partial charge is 0.376 e. The SMILES string of the molecule is S=C1N[C@@H](c2ccccc2)N(C[C@@H]2CCCO2)C2=C1CCCC2. The molecule has 0 aromatic heterocycles. The molecule has 1 fully saturated rings. The summed E-state index contributed by atoms with van der Waals surface area (Å²) in [6.45, 7) is 1.88. The Labute approximate surface area is 143 Å². The van der Waals surface area contributed by atoms with E-state index in [1.54, 1.807) is 0 Å². The number of benzene rings is 1. The zero-order chi connectivity index (χ0) is 15.6. The molecule has 1 N–H and O–H groups in total. The van der Waals surface area contributed by atoms with Gasteiger partial charge in [0.2, 0.25) is 0 Å². The molecule has 23 heavy (non-hydrogen) atoms. The first-order valence-corrected chi connectivity index (χ1v) is 9.20. The van der Waals surface area contributed by atoms with Gasteiger partial charge in [0.05, 0.1) is 6.10 Å². The molecule has 0 spiro atoms. The smallest absolute Gasteiger partial charge is 0.126 e. The van der Waals surface area contributed by atoms with Gasteiger partial charge in [-0.3, -0.25) is 0 Å². The van der Waals surface area contributed by atoms with E-state index in [0.717, 1.165) is 31.0 Å². The summed E-state index contributed by atoms with van der Waals surface area (Å²) in [6, 6.07) is 10.7. The van der Waals surface area contributed by atoms with Gasteiger partial charge >= 0.3 is 0 Å². The van der Waals surface area contributed by atoms with Gasteiger partial charge in [-0.25, -0.2) is 0 Å². The lowest BCUT2D eigenvalue weighted by molar-refractivity contribution is 0.0640. The number of nitrogens with zero attached hydrogens (tertiary/aromatic N) is 1. The number of allylic oxidation sites excluding steroid dienone is 1. The van der Waals surface area contributed by atoms with Crippen molar-refractivity contribution in [3.63, 3.8) is 0 Å². The predicted molar refractivity (Wildman–Crippen MR) is 96.1 cm³/mol. The van der Waals surface area contributed by atoms with E-state index < -0.39 is 0 Å². The highest BCUT2D eigenvalue weighted by Gasteiger charge is 2.34. The zero-order valence-corrected chi connectivity index (χ0v) is 14.3. The second-order valence-electron chi connectivity index (χ2n) is 6.71. The number of rotatable bonds is 3. The van der Waals surface area contributed by atoms with E-state index in [-0.39, 0.29) is 6.17 Å². The van der Waals surface area contributed by atoms with Gasteiger partial charge < -0.3 is 15.0 Å². The van der Waals surface area contributed by atoms with Crippen molar-refractivity contribution in [1.82, 2.24) is 10.2 Å². The normalized spacial score (nSPS) is 27.8. The second kappa shape index (κ2) is 6.62. The van der Waals surface area contributed by atoms with Gasteiger partial charge in [-0.1, -0.05) is 42.5 Å². The Morgan fingerprint density at radius 2 is 1.96 bits per heavy atom. The molecule has 3 nitrogen and oxygen atoms in total. The minimum atomic E-state index is 0.143. The van der Waals surface area contributed by atoms with E-state index in [4.69, 9.17) is 17.0 Å². The molecule has 0 bridgehead atoms. The Bertz CT molecular complexity index is 607. The van der Waals surface area contributed by atoms with Gasteiger partial charge in [-0.2, -0.15) is 0 Å². The maximum Gasteiger partial charge on any atom is 0.126 e. The molecule has 1 aromatic rings. The van der Waals surface area contributed by atoms with Crippen LogP contribution in [0.15, 0.2) is 41.6 Å². The quantitative estimate of drug-likeness (QED) is 0.850. The van der Waals surface area contributed by atoms with Crippen LogP contribution in [-0.4, -0.2) is 29.1 Å². The Kier molecular flexibility index (Phi) is 4.36. The van der Waals surface area contributed by atoms with Gasteiger partial charge in [-0.05, 0) is 44.1 Å². The lowest BCUT2D eigenvalue weighted by atomic mass is 9.91. The molecule has 0 radical (unpaired) electrons. The summed E-state index contributed by atoms with van der Waals surface area (Å²) in [5, 5.41) is 3.60. The minimum absolute atomic E-state index is 0.143. The van der Waals surface area contributed by atoms with Crippen LogP contribution in [0.5, 0.6) is 0 Å². The highest BCUT2D eigenvalue weighted by atomic mass is 32.1. The molecule has 2 heterocycles. The molecule has 4 heteroatoms. The van der Waals surface area contributed by atoms with Crippen LogP contribution in [0.3, 0.4) is 0 Å². The molecular formula is C19H24N2OS. The van der Waals surface area contributed by atoms with Crippen molar-refractivity contribution in [3.8, 4) is 0 Å². The van der Waals surface area contributed by atoms with E-state index >= 15 is 0 Å². The number of ether oxygens (including phenoxy) is 1. The van der Waals surface area contributed by atoms with Crippen LogP contribution in [0.4, 0.5) is 0 Å². The molecule has 122 valence electrons. The van der Waals surface area contributed by atoms with Crippen LogP contribution in [0.25, 0.3) is 0 Å². The molecule has 4 rings (SSSR count).